The summed E-state index contributed by atoms with van der Waals surface area (Å²) in [7, 11) is 0. The van der Waals surface area contributed by atoms with Crippen molar-refractivity contribution in [1.29, 1.82) is 0 Å². The minimum absolute atomic E-state index is 0.133. The average molecular weight is 386 g/mol. The van der Waals surface area contributed by atoms with Gasteiger partial charge in [-0.2, -0.15) is 11.8 Å². The molecule has 1 unspecified atom stereocenters. The summed E-state index contributed by atoms with van der Waals surface area (Å²) in [5, 5.41) is 3.32. The fourth-order valence-corrected chi connectivity index (χ4v) is 4.25. The molecule has 0 radical (unpaired) electrons. The molecule has 1 aliphatic carbocycles. The van der Waals surface area contributed by atoms with Crippen molar-refractivity contribution in [2.75, 3.05) is 18.1 Å². The third-order valence-corrected chi connectivity index (χ3v) is 5.94. The van der Waals surface area contributed by atoms with Gasteiger partial charge in [-0.05, 0) is 38.0 Å². The topological polar surface area (TPSA) is 55.4 Å². The number of Topliss-reactive ketones (excluding diaryl/α,β-unsaturated/α-hetero) is 1. The molecule has 0 aromatic heterocycles. The highest BCUT2D eigenvalue weighted by atomic mass is 32.2. The van der Waals surface area contributed by atoms with Gasteiger partial charge in [-0.25, -0.2) is 4.79 Å². The Hall–Kier alpha value is -2.01. The molecular weight excluding hydrogens is 358 g/mol. The number of nitrogens with one attached hydrogen (secondary N) is 1. The van der Waals surface area contributed by atoms with Crippen LogP contribution < -0.4 is 5.32 Å². The summed E-state index contributed by atoms with van der Waals surface area (Å²) in [4.78, 5) is 25.7. The third kappa shape index (κ3) is 4.29. The number of ketones is 1. The van der Waals surface area contributed by atoms with Crippen LogP contribution in [0.1, 0.15) is 50.2 Å². The molecule has 0 amide bonds. The number of rotatable bonds is 6. The van der Waals surface area contributed by atoms with E-state index in [9.17, 15) is 9.59 Å². The lowest BCUT2D eigenvalue weighted by molar-refractivity contribution is -0.138. The predicted molar refractivity (Wildman–Crippen MR) is 110 cm³/mol. The number of esters is 1. The molecule has 1 N–H and O–H groups in total. The van der Waals surface area contributed by atoms with Crippen molar-refractivity contribution in [3.63, 3.8) is 0 Å². The minimum Gasteiger partial charge on any atom is -0.461 e. The highest BCUT2D eigenvalue weighted by molar-refractivity contribution is 7.99. The zero-order chi connectivity index (χ0) is 19.4. The fourth-order valence-electron chi connectivity index (χ4n) is 3.76. The van der Waals surface area contributed by atoms with E-state index in [0.717, 1.165) is 52.4 Å². The Morgan fingerprint density at radius 1 is 1.22 bits per heavy atom. The zero-order valence-electron chi connectivity index (χ0n) is 16.3. The number of carbonyl (C=O) groups is 2. The Kier molecular flexibility index (Phi) is 6.42. The van der Waals surface area contributed by atoms with Gasteiger partial charge in [0.1, 0.15) is 6.61 Å². The summed E-state index contributed by atoms with van der Waals surface area (Å²) in [5.41, 5.74) is 5.19. The third-order valence-electron chi connectivity index (χ3n) is 5.07. The number of ether oxygens (including phenoxy) is 1. The number of dihydropyridines is 1. The first-order chi connectivity index (χ1) is 13.0. The summed E-state index contributed by atoms with van der Waals surface area (Å²) in [6, 6.07) is 8.10. The molecule has 27 heavy (non-hydrogen) atoms. The second kappa shape index (κ2) is 8.79. The van der Waals surface area contributed by atoms with Crippen molar-refractivity contribution in [1.82, 2.24) is 5.32 Å². The largest absolute Gasteiger partial charge is 0.461 e. The van der Waals surface area contributed by atoms with E-state index >= 15 is 0 Å². The lowest BCUT2D eigenvalue weighted by Gasteiger charge is -2.34. The quantitative estimate of drug-likeness (QED) is 0.586. The highest BCUT2D eigenvalue weighted by Gasteiger charge is 2.38. The molecule has 1 heterocycles. The molecule has 2 aliphatic rings. The van der Waals surface area contributed by atoms with Crippen molar-refractivity contribution < 1.29 is 14.3 Å². The van der Waals surface area contributed by atoms with Crippen LogP contribution >= 0.6 is 11.8 Å². The van der Waals surface area contributed by atoms with Crippen LogP contribution in [0.25, 0.3) is 0 Å². The second-order valence-corrected chi connectivity index (χ2v) is 8.40. The maximum atomic E-state index is 12.9. The van der Waals surface area contributed by atoms with Gasteiger partial charge in [-0.15, -0.1) is 0 Å². The van der Waals surface area contributed by atoms with Gasteiger partial charge in [0.05, 0.1) is 5.57 Å². The maximum Gasteiger partial charge on any atom is 0.336 e. The van der Waals surface area contributed by atoms with Crippen LogP contribution in [0, 0.1) is 6.92 Å². The molecule has 1 atom stereocenters. The van der Waals surface area contributed by atoms with Gasteiger partial charge >= 0.3 is 5.97 Å². The Morgan fingerprint density at radius 3 is 2.67 bits per heavy atom. The summed E-state index contributed by atoms with van der Waals surface area (Å²) in [6.45, 7) is 6.40. The van der Waals surface area contributed by atoms with E-state index in [2.05, 4.69) is 12.2 Å². The molecule has 0 spiro atoms. The maximum absolute atomic E-state index is 12.9. The summed E-state index contributed by atoms with van der Waals surface area (Å²) < 4.78 is 5.55. The number of hydrogen-bond acceptors (Lipinski definition) is 5. The zero-order valence-corrected chi connectivity index (χ0v) is 17.1. The van der Waals surface area contributed by atoms with Crippen LogP contribution in [0.3, 0.4) is 0 Å². The standard InChI is InChI=1S/C22H27NO3S/c1-4-27-13-12-26-22(25)19-15(3)23-17-6-5-7-18(24)21(17)20(19)16-10-8-14(2)9-11-16/h8-11,20,23H,4-7,12-13H2,1-3H3. The summed E-state index contributed by atoms with van der Waals surface area (Å²) in [5.74, 6) is 1.24. The molecule has 3 rings (SSSR count). The van der Waals surface area contributed by atoms with Gasteiger partial charge in [0.25, 0.3) is 0 Å². The monoisotopic (exact) mass is 385 g/mol. The Labute approximate surface area is 165 Å². The molecule has 0 bridgehead atoms. The molecule has 1 aromatic carbocycles. The van der Waals surface area contributed by atoms with E-state index in [1.54, 1.807) is 11.8 Å². The first kappa shape index (κ1) is 19.7. The molecule has 0 saturated carbocycles. The van der Waals surface area contributed by atoms with Crippen LogP contribution in [0.5, 0.6) is 0 Å². The van der Waals surface area contributed by atoms with Crippen LogP contribution in [-0.4, -0.2) is 29.9 Å². The minimum atomic E-state index is -0.346. The first-order valence-electron chi connectivity index (χ1n) is 9.58. The van der Waals surface area contributed by atoms with Crippen molar-refractivity contribution >= 4 is 23.5 Å². The van der Waals surface area contributed by atoms with Crippen LogP contribution in [0.4, 0.5) is 0 Å². The molecule has 0 saturated heterocycles. The average Bonchev–Trinajstić information content (AvgIpc) is 2.65. The Morgan fingerprint density at radius 2 is 1.96 bits per heavy atom. The molecule has 1 aliphatic heterocycles. The van der Waals surface area contributed by atoms with Gasteiger partial charge in [-0.1, -0.05) is 36.8 Å². The van der Waals surface area contributed by atoms with E-state index in [-0.39, 0.29) is 17.7 Å². The van der Waals surface area contributed by atoms with Crippen molar-refractivity contribution in [3.05, 3.63) is 57.9 Å². The van der Waals surface area contributed by atoms with Gasteiger partial charge in [0.2, 0.25) is 0 Å². The SMILES string of the molecule is CCSCCOC(=O)C1=C(C)NC2=C(C(=O)CCC2)C1c1ccc(C)cc1. The number of carbonyl (C=O) groups excluding carboxylic acids is 2. The van der Waals surface area contributed by atoms with E-state index in [1.807, 2.05) is 38.1 Å². The van der Waals surface area contributed by atoms with E-state index in [0.29, 0.717) is 18.6 Å². The van der Waals surface area contributed by atoms with Crippen LogP contribution in [0.15, 0.2) is 46.8 Å². The van der Waals surface area contributed by atoms with Gasteiger partial charge < -0.3 is 10.1 Å². The number of aryl methyl sites for hydroxylation is 1. The van der Waals surface area contributed by atoms with E-state index < -0.39 is 0 Å². The highest BCUT2D eigenvalue weighted by Crippen LogP contribution is 2.42. The van der Waals surface area contributed by atoms with Gasteiger partial charge in [0.15, 0.2) is 5.78 Å². The number of hydrogen-bond donors (Lipinski definition) is 1. The van der Waals surface area contributed by atoms with Crippen molar-refractivity contribution in [2.45, 2.75) is 46.0 Å². The number of thioether (sulfide) groups is 1. The van der Waals surface area contributed by atoms with Crippen LogP contribution in [-0.2, 0) is 14.3 Å². The number of allylic oxidation sites excluding steroid dienone is 3. The molecule has 4 nitrogen and oxygen atoms in total. The lowest BCUT2D eigenvalue weighted by atomic mass is 9.75. The second-order valence-electron chi connectivity index (χ2n) is 7.01. The molecule has 5 heteroatoms. The van der Waals surface area contributed by atoms with E-state index in [4.69, 9.17) is 4.74 Å². The lowest BCUT2D eigenvalue weighted by Crippen LogP contribution is -2.34. The van der Waals surface area contributed by atoms with E-state index in [1.165, 1.54) is 0 Å². The molecule has 144 valence electrons. The predicted octanol–water partition coefficient (Wildman–Crippen LogP) is 4.26. The Balaban J connectivity index is 1.97. The normalized spacial score (nSPS) is 19.7. The molecule has 0 fully saturated rings. The fraction of sp³-hybridized carbons (Fsp3) is 0.455. The first-order valence-corrected chi connectivity index (χ1v) is 10.7. The number of benzene rings is 1. The smallest absolute Gasteiger partial charge is 0.336 e. The van der Waals surface area contributed by atoms with Crippen LogP contribution in [0.2, 0.25) is 0 Å². The van der Waals surface area contributed by atoms with Crippen molar-refractivity contribution in [2.24, 2.45) is 0 Å². The van der Waals surface area contributed by atoms with Crippen molar-refractivity contribution in [3.8, 4) is 0 Å². The van der Waals surface area contributed by atoms with Gasteiger partial charge in [-0.3, -0.25) is 4.79 Å². The molecule has 1 aromatic rings. The van der Waals surface area contributed by atoms with Gasteiger partial charge in [0, 0.05) is 35.1 Å². The molecular formula is C22H27NO3S. The summed E-state index contributed by atoms with van der Waals surface area (Å²) in [6.07, 6.45) is 2.24. The summed E-state index contributed by atoms with van der Waals surface area (Å²) >= 11 is 1.74. The Bertz CT molecular complexity index is 792.